The van der Waals surface area contributed by atoms with Gasteiger partial charge < -0.3 is 10.7 Å². The predicted octanol–water partition coefficient (Wildman–Crippen LogP) is 0.895. The van der Waals surface area contributed by atoms with Gasteiger partial charge in [0.25, 0.3) is 6.43 Å². The molecule has 0 aliphatic heterocycles. The Hall–Kier alpha value is -1.39. The van der Waals surface area contributed by atoms with Crippen molar-refractivity contribution in [1.29, 1.82) is 0 Å². The van der Waals surface area contributed by atoms with E-state index in [2.05, 4.69) is 0 Å². The summed E-state index contributed by atoms with van der Waals surface area (Å²) in [6.07, 6.45) is -2.69. The van der Waals surface area contributed by atoms with Gasteiger partial charge in [-0.15, -0.1) is 0 Å². The lowest BCUT2D eigenvalue weighted by Gasteiger charge is -1.98. The Morgan fingerprint density at radius 3 is 2.55 bits per heavy atom. The number of halogens is 2. The summed E-state index contributed by atoms with van der Waals surface area (Å²) in [5.74, 6) is 0. The highest BCUT2D eigenvalue weighted by atomic mass is 19.3. The molecule has 0 aromatic carbocycles. The maximum atomic E-state index is 11.9. The smallest absolute Gasteiger partial charge is 0.278 e. The quantitative estimate of drug-likeness (QED) is 0.641. The predicted molar refractivity (Wildman–Crippen MR) is 36.4 cm³/mol. The first-order chi connectivity index (χ1) is 5.09. The van der Waals surface area contributed by atoms with Crippen LogP contribution in [-0.4, -0.2) is 4.98 Å². The number of nitrogens with one attached hydrogen (secondary N) is 1. The van der Waals surface area contributed by atoms with Crippen LogP contribution in [0.5, 0.6) is 0 Å². The highest BCUT2D eigenvalue weighted by molar-refractivity contribution is 5.37. The van der Waals surface area contributed by atoms with Crippen LogP contribution in [0.4, 0.5) is 14.5 Å². The summed E-state index contributed by atoms with van der Waals surface area (Å²) >= 11 is 0. The largest absolute Gasteiger partial charge is 0.399 e. The number of aromatic amines is 1. The Bertz CT molecular complexity index is 308. The molecule has 0 radical (unpaired) electrons. The van der Waals surface area contributed by atoms with Crippen LogP contribution in [0.3, 0.4) is 0 Å². The number of pyridine rings is 1. The van der Waals surface area contributed by atoms with Crippen LogP contribution >= 0.6 is 0 Å². The molecule has 0 saturated carbocycles. The van der Waals surface area contributed by atoms with Crippen molar-refractivity contribution in [3.05, 3.63) is 28.2 Å². The molecule has 0 aliphatic rings. The molecule has 0 spiro atoms. The van der Waals surface area contributed by atoms with Gasteiger partial charge in [0.05, 0.1) is 5.69 Å². The average molecular weight is 160 g/mol. The summed E-state index contributed by atoms with van der Waals surface area (Å²) in [6, 6.07) is 2.08. The molecular weight excluding hydrogens is 154 g/mol. The van der Waals surface area contributed by atoms with Gasteiger partial charge >= 0.3 is 0 Å². The molecule has 1 aromatic heterocycles. The number of anilines is 1. The molecule has 1 heterocycles. The maximum absolute atomic E-state index is 11.9. The molecule has 11 heavy (non-hydrogen) atoms. The zero-order chi connectivity index (χ0) is 8.43. The molecule has 1 aromatic rings. The Labute approximate surface area is 60.8 Å². The molecule has 0 bridgehead atoms. The van der Waals surface area contributed by atoms with E-state index in [1.54, 1.807) is 0 Å². The molecule has 0 atom stereocenters. The normalized spacial score (nSPS) is 10.5. The van der Waals surface area contributed by atoms with E-state index in [4.69, 9.17) is 5.73 Å². The van der Waals surface area contributed by atoms with Crippen molar-refractivity contribution < 1.29 is 8.78 Å². The van der Waals surface area contributed by atoms with E-state index in [1.165, 1.54) is 0 Å². The average Bonchev–Trinajstić information content (AvgIpc) is 1.85. The lowest BCUT2D eigenvalue weighted by Crippen LogP contribution is -2.09. The number of hydrogen-bond donors (Lipinski definition) is 2. The molecule has 3 N–H and O–H groups in total. The first-order valence-corrected chi connectivity index (χ1v) is 2.87. The van der Waals surface area contributed by atoms with Crippen molar-refractivity contribution in [3.63, 3.8) is 0 Å². The zero-order valence-electron chi connectivity index (χ0n) is 5.47. The van der Waals surface area contributed by atoms with Gasteiger partial charge in [-0.1, -0.05) is 0 Å². The van der Waals surface area contributed by atoms with Crippen molar-refractivity contribution >= 4 is 5.69 Å². The van der Waals surface area contributed by atoms with Crippen LogP contribution < -0.4 is 11.3 Å². The first kappa shape index (κ1) is 7.71. The van der Waals surface area contributed by atoms with Gasteiger partial charge in [0.15, 0.2) is 0 Å². The minimum Gasteiger partial charge on any atom is -0.399 e. The number of alkyl halides is 2. The summed E-state index contributed by atoms with van der Waals surface area (Å²) in [7, 11) is 0. The van der Waals surface area contributed by atoms with Gasteiger partial charge in [-0.25, -0.2) is 8.78 Å². The minimum absolute atomic E-state index is 0.0454. The molecule has 0 unspecified atom stereocenters. The van der Waals surface area contributed by atoms with Crippen LogP contribution in [-0.2, 0) is 0 Å². The highest BCUT2D eigenvalue weighted by Crippen LogP contribution is 2.15. The zero-order valence-corrected chi connectivity index (χ0v) is 5.47. The summed E-state index contributed by atoms with van der Waals surface area (Å²) < 4.78 is 23.8. The van der Waals surface area contributed by atoms with Crippen molar-refractivity contribution in [3.8, 4) is 0 Å². The van der Waals surface area contributed by atoms with E-state index in [0.717, 1.165) is 12.1 Å². The van der Waals surface area contributed by atoms with Crippen molar-refractivity contribution in [2.24, 2.45) is 0 Å². The molecule has 0 aliphatic carbocycles. The van der Waals surface area contributed by atoms with Gasteiger partial charge in [0.1, 0.15) is 0 Å². The van der Waals surface area contributed by atoms with Gasteiger partial charge in [-0.3, -0.25) is 4.79 Å². The molecule has 3 nitrogen and oxygen atoms in total. The number of nitrogen functional groups attached to an aromatic ring is 1. The molecule has 0 fully saturated rings. The lowest BCUT2D eigenvalue weighted by atomic mass is 10.3. The second-order valence-corrected chi connectivity index (χ2v) is 2.03. The summed E-state index contributed by atoms with van der Waals surface area (Å²) in [5, 5.41) is 0. The fourth-order valence-corrected chi connectivity index (χ4v) is 0.705. The standard InChI is InChI=1S/C6H6F2N2O/c7-6(8)4-1-3(9)2-5(11)10-4/h1-2,6H,(H3,9,10,11). The fraction of sp³-hybridized carbons (Fsp3) is 0.167. The van der Waals surface area contributed by atoms with E-state index in [9.17, 15) is 13.6 Å². The minimum atomic E-state index is -2.69. The van der Waals surface area contributed by atoms with Crippen molar-refractivity contribution in [2.45, 2.75) is 6.43 Å². The molecule has 60 valence electrons. The molecule has 0 saturated heterocycles. The van der Waals surface area contributed by atoms with Crippen LogP contribution in [0.25, 0.3) is 0 Å². The second kappa shape index (κ2) is 2.69. The third kappa shape index (κ3) is 1.76. The number of nitrogens with two attached hydrogens (primary N) is 1. The van der Waals surface area contributed by atoms with Gasteiger partial charge in [0, 0.05) is 11.8 Å². The first-order valence-electron chi connectivity index (χ1n) is 2.87. The second-order valence-electron chi connectivity index (χ2n) is 2.03. The van der Waals surface area contributed by atoms with E-state index in [-0.39, 0.29) is 5.69 Å². The Morgan fingerprint density at radius 1 is 1.45 bits per heavy atom. The Balaban J connectivity index is 3.19. The van der Waals surface area contributed by atoms with E-state index < -0.39 is 17.7 Å². The summed E-state index contributed by atoms with van der Waals surface area (Å²) in [6.45, 7) is 0. The van der Waals surface area contributed by atoms with Gasteiger partial charge in [-0.05, 0) is 6.07 Å². The number of rotatable bonds is 1. The molecule has 5 heteroatoms. The van der Waals surface area contributed by atoms with Gasteiger partial charge in [-0.2, -0.15) is 0 Å². The Morgan fingerprint density at radius 2 is 2.09 bits per heavy atom. The fourth-order valence-electron chi connectivity index (χ4n) is 0.705. The molecule has 1 rings (SSSR count). The van der Waals surface area contributed by atoms with E-state index in [1.807, 2.05) is 4.98 Å². The van der Waals surface area contributed by atoms with Gasteiger partial charge in [0.2, 0.25) is 5.56 Å². The highest BCUT2D eigenvalue weighted by Gasteiger charge is 2.07. The van der Waals surface area contributed by atoms with E-state index in [0.29, 0.717) is 0 Å². The number of H-pyrrole nitrogens is 1. The van der Waals surface area contributed by atoms with Crippen LogP contribution in [0.15, 0.2) is 16.9 Å². The Kier molecular flexibility index (Phi) is 1.89. The number of hydrogen-bond acceptors (Lipinski definition) is 2. The SMILES string of the molecule is Nc1cc(C(F)F)[nH]c(=O)c1. The molecule has 0 amide bonds. The molecular formula is C6H6F2N2O. The third-order valence-corrected chi connectivity index (χ3v) is 1.12. The van der Waals surface area contributed by atoms with Crippen molar-refractivity contribution in [2.75, 3.05) is 5.73 Å². The summed E-state index contributed by atoms with van der Waals surface area (Å²) in [4.78, 5) is 12.5. The monoisotopic (exact) mass is 160 g/mol. The number of aromatic nitrogens is 1. The maximum Gasteiger partial charge on any atom is 0.278 e. The van der Waals surface area contributed by atoms with Crippen LogP contribution in [0.1, 0.15) is 12.1 Å². The van der Waals surface area contributed by atoms with Crippen LogP contribution in [0, 0.1) is 0 Å². The summed E-state index contributed by atoms with van der Waals surface area (Å²) in [5.41, 5.74) is 4.13. The lowest BCUT2D eigenvalue weighted by molar-refractivity contribution is 0.146. The van der Waals surface area contributed by atoms with Crippen molar-refractivity contribution in [1.82, 2.24) is 4.98 Å². The van der Waals surface area contributed by atoms with Crippen LogP contribution in [0.2, 0.25) is 0 Å². The van der Waals surface area contributed by atoms with E-state index >= 15 is 0 Å². The topological polar surface area (TPSA) is 58.9 Å². The third-order valence-electron chi connectivity index (χ3n) is 1.12.